The first-order valence-corrected chi connectivity index (χ1v) is 9.40. The van der Waals surface area contributed by atoms with Crippen molar-refractivity contribution in [2.75, 3.05) is 24.7 Å². The van der Waals surface area contributed by atoms with Crippen LogP contribution in [0.1, 0.15) is 20.3 Å². The Labute approximate surface area is 141 Å². The SMILES string of the molecule is CC(C)CN(CCC(=O)Nc1cccc(Cl)c1Cl)S(C)(=O)=O. The molecule has 0 radical (unpaired) electrons. The fourth-order valence-corrected chi connectivity index (χ4v) is 3.18. The average Bonchev–Trinajstić information content (AvgIpc) is 2.38. The molecule has 22 heavy (non-hydrogen) atoms. The van der Waals surface area contributed by atoms with Crippen LogP contribution in [-0.2, 0) is 14.8 Å². The van der Waals surface area contributed by atoms with Crippen molar-refractivity contribution < 1.29 is 13.2 Å². The molecule has 0 aliphatic carbocycles. The van der Waals surface area contributed by atoms with Gasteiger partial charge in [0.15, 0.2) is 0 Å². The van der Waals surface area contributed by atoms with Gasteiger partial charge >= 0.3 is 0 Å². The van der Waals surface area contributed by atoms with Crippen LogP contribution in [0.3, 0.4) is 0 Å². The van der Waals surface area contributed by atoms with Gasteiger partial charge < -0.3 is 5.32 Å². The molecule has 8 heteroatoms. The molecule has 1 aromatic carbocycles. The number of hydrogen-bond donors (Lipinski definition) is 1. The van der Waals surface area contributed by atoms with E-state index in [1.165, 1.54) is 4.31 Å². The van der Waals surface area contributed by atoms with Crippen molar-refractivity contribution >= 4 is 44.8 Å². The lowest BCUT2D eigenvalue weighted by molar-refractivity contribution is -0.116. The molecule has 0 aromatic heterocycles. The number of sulfonamides is 1. The minimum absolute atomic E-state index is 0.0443. The molecule has 5 nitrogen and oxygen atoms in total. The third kappa shape index (κ3) is 6.12. The number of amides is 1. The quantitative estimate of drug-likeness (QED) is 0.805. The molecule has 1 amide bonds. The summed E-state index contributed by atoms with van der Waals surface area (Å²) in [5.41, 5.74) is 0.411. The topological polar surface area (TPSA) is 66.5 Å². The van der Waals surface area contributed by atoms with Crippen molar-refractivity contribution in [1.82, 2.24) is 4.31 Å². The van der Waals surface area contributed by atoms with E-state index in [4.69, 9.17) is 23.2 Å². The van der Waals surface area contributed by atoms with Crippen molar-refractivity contribution in [3.8, 4) is 0 Å². The Morgan fingerprint density at radius 2 is 1.95 bits per heavy atom. The van der Waals surface area contributed by atoms with Crippen molar-refractivity contribution in [3.63, 3.8) is 0 Å². The van der Waals surface area contributed by atoms with Crippen molar-refractivity contribution in [2.24, 2.45) is 5.92 Å². The monoisotopic (exact) mass is 366 g/mol. The number of benzene rings is 1. The summed E-state index contributed by atoms with van der Waals surface area (Å²) in [6, 6.07) is 4.92. The van der Waals surface area contributed by atoms with Gasteiger partial charge in [-0.05, 0) is 18.1 Å². The lowest BCUT2D eigenvalue weighted by Crippen LogP contribution is -2.35. The molecule has 0 fully saturated rings. The van der Waals surface area contributed by atoms with E-state index in [9.17, 15) is 13.2 Å². The summed E-state index contributed by atoms with van der Waals surface area (Å²) in [5.74, 6) is -0.137. The Bertz CT molecular complexity index is 633. The average molecular weight is 367 g/mol. The van der Waals surface area contributed by atoms with Gasteiger partial charge in [-0.25, -0.2) is 12.7 Å². The Hall–Kier alpha value is -0.820. The molecule has 0 aliphatic rings. The number of carbonyl (C=O) groups excluding carboxylic acids is 1. The number of rotatable bonds is 7. The van der Waals surface area contributed by atoms with E-state index in [1.54, 1.807) is 18.2 Å². The largest absolute Gasteiger partial charge is 0.325 e. The van der Waals surface area contributed by atoms with Gasteiger partial charge in [-0.3, -0.25) is 4.79 Å². The number of halogens is 2. The van der Waals surface area contributed by atoms with Gasteiger partial charge in [-0.2, -0.15) is 0 Å². The summed E-state index contributed by atoms with van der Waals surface area (Å²) in [5, 5.41) is 3.24. The predicted octanol–water partition coefficient (Wildman–Crippen LogP) is 3.24. The second kappa shape index (κ2) is 8.15. The first-order chi connectivity index (χ1) is 10.1. The maximum atomic E-state index is 12.0. The summed E-state index contributed by atoms with van der Waals surface area (Å²) < 4.78 is 24.7. The number of hydrogen-bond acceptors (Lipinski definition) is 3. The molecular weight excluding hydrogens is 347 g/mol. The van der Waals surface area contributed by atoms with Crippen LogP contribution in [0.2, 0.25) is 10.0 Å². The maximum Gasteiger partial charge on any atom is 0.225 e. The molecule has 0 spiro atoms. The summed E-state index contributed by atoms with van der Waals surface area (Å²) in [7, 11) is -3.34. The third-order valence-electron chi connectivity index (χ3n) is 2.85. The van der Waals surface area contributed by atoms with Crippen LogP contribution in [0, 0.1) is 5.92 Å². The van der Waals surface area contributed by atoms with Gasteiger partial charge in [0.1, 0.15) is 0 Å². The molecule has 0 heterocycles. The lowest BCUT2D eigenvalue weighted by Gasteiger charge is -2.21. The molecule has 0 saturated heterocycles. The highest BCUT2D eigenvalue weighted by Gasteiger charge is 2.19. The fourth-order valence-electron chi connectivity index (χ4n) is 1.84. The summed E-state index contributed by atoms with van der Waals surface area (Å²) in [6.07, 6.45) is 1.18. The van der Waals surface area contributed by atoms with Crippen LogP contribution in [0.5, 0.6) is 0 Å². The normalized spacial score (nSPS) is 12.0. The molecule has 0 unspecified atom stereocenters. The molecule has 0 saturated carbocycles. The Kier molecular flexibility index (Phi) is 7.12. The van der Waals surface area contributed by atoms with Crippen LogP contribution in [-0.4, -0.2) is 38.0 Å². The van der Waals surface area contributed by atoms with Crippen LogP contribution < -0.4 is 5.32 Å². The highest BCUT2D eigenvalue weighted by Crippen LogP contribution is 2.29. The highest BCUT2D eigenvalue weighted by atomic mass is 35.5. The smallest absolute Gasteiger partial charge is 0.225 e. The Morgan fingerprint density at radius 3 is 2.50 bits per heavy atom. The minimum atomic E-state index is -3.34. The predicted molar refractivity (Wildman–Crippen MR) is 91.0 cm³/mol. The number of anilines is 1. The number of nitrogens with zero attached hydrogens (tertiary/aromatic N) is 1. The van der Waals surface area contributed by atoms with Gasteiger partial charge in [0.2, 0.25) is 15.9 Å². The third-order valence-corrected chi connectivity index (χ3v) is 4.94. The van der Waals surface area contributed by atoms with Crippen molar-refractivity contribution in [1.29, 1.82) is 0 Å². The summed E-state index contributed by atoms with van der Waals surface area (Å²) in [4.78, 5) is 12.0. The van der Waals surface area contributed by atoms with E-state index in [-0.39, 0.29) is 29.8 Å². The van der Waals surface area contributed by atoms with Crippen LogP contribution in [0.15, 0.2) is 18.2 Å². The second-order valence-electron chi connectivity index (χ2n) is 5.41. The van der Waals surface area contributed by atoms with E-state index in [0.29, 0.717) is 17.3 Å². The second-order valence-corrected chi connectivity index (χ2v) is 8.18. The van der Waals surface area contributed by atoms with Gasteiger partial charge in [0.25, 0.3) is 0 Å². The van der Waals surface area contributed by atoms with Crippen molar-refractivity contribution in [3.05, 3.63) is 28.2 Å². The van der Waals surface area contributed by atoms with E-state index in [1.807, 2.05) is 13.8 Å². The fraction of sp³-hybridized carbons (Fsp3) is 0.500. The number of nitrogens with one attached hydrogen (secondary N) is 1. The van der Waals surface area contributed by atoms with Crippen LogP contribution in [0.25, 0.3) is 0 Å². The van der Waals surface area contributed by atoms with E-state index < -0.39 is 10.0 Å². The standard InChI is InChI=1S/C14H20Cl2N2O3S/c1-10(2)9-18(22(3,20)21)8-7-13(19)17-12-6-4-5-11(15)14(12)16/h4-6,10H,7-9H2,1-3H3,(H,17,19). The van der Waals surface area contributed by atoms with E-state index in [0.717, 1.165) is 6.26 Å². The molecule has 0 atom stereocenters. The molecular formula is C14H20Cl2N2O3S. The lowest BCUT2D eigenvalue weighted by atomic mass is 10.2. The zero-order valence-electron chi connectivity index (χ0n) is 12.8. The van der Waals surface area contributed by atoms with Crippen LogP contribution >= 0.6 is 23.2 Å². The molecule has 1 aromatic rings. The van der Waals surface area contributed by atoms with Gasteiger partial charge in [0.05, 0.1) is 22.0 Å². The molecule has 0 aliphatic heterocycles. The van der Waals surface area contributed by atoms with E-state index >= 15 is 0 Å². The zero-order valence-corrected chi connectivity index (χ0v) is 15.1. The maximum absolute atomic E-state index is 12.0. The van der Waals surface area contributed by atoms with Crippen LogP contribution in [0.4, 0.5) is 5.69 Å². The molecule has 1 N–H and O–H groups in total. The molecule has 124 valence electrons. The molecule has 0 bridgehead atoms. The van der Waals surface area contributed by atoms with Gasteiger partial charge in [0, 0.05) is 19.5 Å². The summed E-state index contributed by atoms with van der Waals surface area (Å²) in [6.45, 7) is 4.35. The Morgan fingerprint density at radius 1 is 1.32 bits per heavy atom. The highest BCUT2D eigenvalue weighted by molar-refractivity contribution is 7.88. The van der Waals surface area contributed by atoms with E-state index in [2.05, 4.69) is 5.32 Å². The first kappa shape index (κ1) is 19.2. The van der Waals surface area contributed by atoms with Gasteiger partial charge in [-0.1, -0.05) is 43.1 Å². The first-order valence-electron chi connectivity index (χ1n) is 6.80. The van der Waals surface area contributed by atoms with Gasteiger partial charge in [-0.15, -0.1) is 0 Å². The zero-order chi connectivity index (χ0) is 16.9. The Balaban J connectivity index is 2.66. The minimum Gasteiger partial charge on any atom is -0.325 e. The summed E-state index contributed by atoms with van der Waals surface area (Å²) >= 11 is 11.9. The van der Waals surface area contributed by atoms with Crippen molar-refractivity contribution in [2.45, 2.75) is 20.3 Å². The molecule has 1 rings (SSSR count). The number of carbonyl (C=O) groups is 1.